The third-order valence-corrected chi connectivity index (χ3v) is 3.75. The second-order valence-electron chi connectivity index (χ2n) is 5.66. The van der Waals surface area contributed by atoms with E-state index in [2.05, 4.69) is 34.0 Å². The minimum absolute atomic E-state index is 0.570. The SMILES string of the molecule is CCCOc1cc(N(CCC)CC2CCCCN2)ncn1. The first-order valence-electron chi connectivity index (χ1n) is 8.26. The van der Waals surface area contributed by atoms with E-state index in [1.807, 2.05) is 6.07 Å². The molecule has 21 heavy (non-hydrogen) atoms. The van der Waals surface area contributed by atoms with Crippen molar-refractivity contribution in [3.63, 3.8) is 0 Å². The van der Waals surface area contributed by atoms with E-state index < -0.39 is 0 Å². The fourth-order valence-electron chi connectivity index (χ4n) is 2.70. The van der Waals surface area contributed by atoms with Crippen LogP contribution in [-0.4, -0.2) is 42.3 Å². The lowest BCUT2D eigenvalue weighted by molar-refractivity contribution is 0.304. The number of ether oxygens (including phenoxy) is 1. The molecule has 0 amide bonds. The molecule has 0 radical (unpaired) electrons. The maximum atomic E-state index is 5.62. The molecule has 1 N–H and O–H groups in total. The Bertz CT molecular complexity index is 407. The molecule has 1 atom stereocenters. The van der Waals surface area contributed by atoms with E-state index in [4.69, 9.17) is 4.74 Å². The zero-order valence-corrected chi connectivity index (χ0v) is 13.3. The van der Waals surface area contributed by atoms with Gasteiger partial charge in [0.25, 0.3) is 0 Å². The molecule has 0 saturated carbocycles. The minimum Gasteiger partial charge on any atom is -0.478 e. The van der Waals surface area contributed by atoms with Crippen LogP contribution in [0.15, 0.2) is 12.4 Å². The van der Waals surface area contributed by atoms with Crippen molar-refractivity contribution in [1.29, 1.82) is 0 Å². The molecule has 0 aromatic carbocycles. The van der Waals surface area contributed by atoms with Crippen LogP contribution in [0.25, 0.3) is 0 Å². The van der Waals surface area contributed by atoms with Gasteiger partial charge in [-0.15, -0.1) is 0 Å². The van der Waals surface area contributed by atoms with Crippen molar-refractivity contribution in [3.8, 4) is 5.88 Å². The first kappa shape index (κ1) is 16.0. The summed E-state index contributed by atoms with van der Waals surface area (Å²) in [5.41, 5.74) is 0. The topological polar surface area (TPSA) is 50.3 Å². The van der Waals surface area contributed by atoms with E-state index in [1.165, 1.54) is 19.3 Å². The third kappa shape index (κ3) is 5.16. The molecule has 2 rings (SSSR count). The molecule has 5 nitrogen and oxygen atoms in total. The fraction of sp³-hybridized carbons (Fsp3) is 0.750. The van der Waals surface area contributed by atoms with Crippen LogP contribution in [-0.2, 0) is 0 Å². The summed E-state index contributed by atoms with van der Waals surface area (Å²) in [6, 6.07) is 2.54. The van der Waals surface area contributed by atoms with Crippen LogP contribution in [0.2, 0.25) is 0 Å². The largest absolute Gasteiger partial charge is 0.478 e. The van der Waals surface area contributed by atoms with Crippen molar-refractivity contribution >= 4 is 5.82 Å². The molecule has 1 aliphatic rings. The maximum absolute atomic E-state index is 5.62. The normalized spacial score (nSPS) is 18.5. The van der Waals surface area contributed by atoms with Crippen molar-refractivity contribution in [1.82, 2.24) is 15.3 Å². The molecule has 118 valence electrons. The number of aromatic nitrogens is 2. The third-order valence-electron chi connectivity index (χ3n) is 3.75. The van der Waals surface area contributed by atoms with E-state index in [0.29, 0.717) is 18.5 Å². The number of hydrogen-bond acceptors (Lipinski definition) is 5. The summed E-state index contributed by atoms with van der Waals surface area (Å²) < 4.78 is 5.62. The van der Waals surface area contributed by atoms with Crippen LogP contribution >= 0.6 is 0 Å². The van der Waals surface area contributed by atoms with Gasteiger partial charge >= 0.3 is 0 Å². The highest BCUT2D eigenvalue weighted by atomic mass is 16.5. The van der Waals surface area contributed by atoms with Crippen molar-refractivity contribution in [2.24, 2.45) is 0 Å². The van der Waals surface area contributed by atoms with Crippen LogP contribution in [0.5, 0.6) is 5.88 Å². The van der Waals surface area contributed by atoms with Crippen molar-refractivity contribution in [2.75, 3.05) is 31.1 Å². The standard InChI is InChI=1S/C16H28N4O/c1-3-9-20(12-14-7-5-6-8-17-14)15-11-16(19-13-18-15)21-10-4-2/h11,13-14,17H,3-10,12H2,1-2H3. The fourth-order valence-corrected chi connectivity index (χ4v) is 2.70. The average molecular weight is 292 g/mol. The molecule has 1 fully saturated rings. The van der Waals surface area contributed by atoms with Gasteiger partial charge in [0.2, 0.25) is 5.88 Å². The van der Waals surface area contributed by atoms with Gasteiger partial charge in [0, 0.05) is 25.2 Å². The summed E-state index contributed by atoms with van der Waals surface area (Å²) in [5, 5.41) is 3.61. The number of hydrogen-bond donors (Lipinski definition) is 1. The van der Waals surface area contributed by atoms with Gasteiger partial charge in [0.1, 0.15) is 12.1 Å². The molecule has 1 aromatic heterocycles. The first-order chi connectivity index (χ1) is 10.3. The molecule has 5 heteroatoms. The van der Waals surface area contributed by atoms with Gasteiger partial charge < -0.3 is 15.0 Å². The molecule has 1 aromatic rings. The monoisotopic (exact) mass is 292 g/mol. The smallest absolute Gasteiger partial charge is 0.218 e. The van der Waals surface area contributed by atoms with Gasteiger partial charge in [-0.3, -0.25) is 0 Å². The van der Waals surface area contributed by atoms with Gasteiger partial charge in [-0.25, -0.2) is 9.97 Å². The minimum atomic E-state index is 0.570. The summed E-state index contributed by atoms with van der Waals surface area (Å²) in [5.74, 6) is 1.66. The molecule has 0 spiro atoms. The van der Waals surface area contributed by atoms with Crippen molar-refractivity contribution in [3.05, 3.63) is 12.4 Å². The van der Waals surface area contributed by atoms with Crippen molar-refractivity contribution in [2.45, 2.75) is 52.0 Å². The van der Waals surface area contributed by atoms with E-state index in [-0.39, 0.29) is 0 Å². The molecule has 0 bridgehead atoms. The highest BCUT2D eigenvalue weighted by Crippen LogP contribution is 2.18. The van der Waals surface area contributed by atoms with Gasteiger partial charge in [-0.05, 0) is 32.2 Å². The zero-order valence-electron chi connectivity index (χ0n) is 13.3. The highest BCUT2D eigenvalue weighted by Gasteiger charge is 2.17. The first-order valence-corrected chi connectivity index (χ1v) is 8.26. The van der Waals surface area contributed by atoms with Crippen LogP contribution in [0.4, 0.5) is 5.82 Å². The molecule has 1 aliphatic heterocycles. The second kappa shape index (κ2) is 8.82. The lowest BCUT2D eigenvalue weighted by atomic mass is 10.0. The van der Waals surface area contributed by atoms with Gasteiger partial charge in [0.05, 0.1) is 6.61 Å². The molecule has 0 aliphatic carbocycles. The van der Waals surface area contributed by atoms with E-state index in [0.717, 1.165) is 38.3 Å². The molecule has 2 heterocycles. The van der Waals surface area contributed by atoms with E-state index in [9.17, 15) is 0 Å². The zero-order chi connectivity index (χ0) is 14.9. The van der Waals surface area contributed by atoms with Crippen molar-refractivity contribution < 1.29 is 4.74 Å². The van der Waals surface area contributed by atoms with Crippen LogP contribution in [0.3, 0.4) is 0 Å². The number of anilines is 1. The number of piperidine rings is 1. The molecular weight excluding hydrogens is 264 g/mol. The predicted octanol–water partition coefficient (Wildman–Crippen LogP) is 2.62. The average Bonchev–Trinajstić information content (AvgIpc) is 2.54. The summed E-state index contributed by atoms with van der Waals surface area (Å²) in [4.78, 5) is 11.0. The summed E-state index contributed by atoms with van der Waals surface area (Å²) >= 11 is 0. The van der Waals surface area contributed by atoms with Crippen LogP contribution in [0, 0.1) is 0 Å². The lowest BCUT2D eigenvalue weighted by Crippen LogP contribution is -2.44. The summed E-state index contributed by atoms with van der Waals surface area (Å²) in [6.45, 7) is 8.17. The van der Waals surface area contributed by atoms with Gasteiger partial charge in [-0.1, -0.05) is 20.3 Å². The molecular formula is C16H28N4O. The van der Waals surface area contributed by atoms with Gasteiger partial charge in [0.15, 0.2) is 0 Å². The summed E-state index contributed by atoms with van der Waals surface area (Å²) in [7, 11) is 0. The molecule has 1 unspecified atom stereocenters. The molecule has 1 saturated heterocycles. The maximum Gasteiger partial charge on any atom is 0.218 e. The Morgan fingerprint density at radius 1 is 1.29 bits per heavy atom. The Labute approximate surface area is 128 Å². The highest BCUT2D eigenvalue weighted by molar-refractivity contribution is 5.41. The Balaban J connectivity index is 2.01. The Morgan fingerprint density at radius 3 is 2.90 bits per heavy atom. The van der Waals surface area contributed by atoms with E-state index >= 15 is 0 Å². The van der Waals surface area contributed by atoms with E-state index in [1.54, 1.807) is 6.33 Å². The Morgan fingerprint density at radius 2 is 2.19 bits per heavy atom. The number of rotatable bonds is 8. The Hall–Kier alpha value is -1.36. The Kier molecular flexibility index (Phi) is 6.73. The predicted molar refractivity (Wildman–Crippen MR) is 86.0 cm³/mol. The number of nitrogens with one attached hydrogen (secondary N) is 1. The van der Waals surface area contributed by atoms with Gasteiger partial charge in [-0.2, -0.15) is 0 Å². The quantitative estimate of drug-likeness (QED) is 0.798. The van der Waals surface area contributed by atoms with Crippen LogP contribution < -0.4 is 15.0 Å². The lowest BCUT2D eigenvalue weighted by Gasteiger charge is -2.31. The second-order valence-corrected chi connectivity index (χ2v) is 5.66. The number of nitrogens with zero attached hydrogens (tertiary/aromatic N) is 3. The summed E-state index contributed by atoms with van der Waals surface area (Å²) in [6.07, 6.45) is 7.59. The van der Waals surface area contributed by atoms with Crippen LogP contribution in [0.1, 0.15) is 46.0 Å².